The first-order valence-corrected chi connectivity index (χ1v) is 8.00. The maximum absolute atomic E-state index is 12.6. The van der Waals surface area contributed by atoms with E-state index in [1.165, 1.54) is 0 Å². The molecule has 1 atom stereocenters. The summed E-state index contributed by atoms with van der Waals surface area (Å²) in [4.78, 5) is 14.3. The molecule has 128 valence electrons. The van der Waals surface area contributed by atoms with Crippen molar-refractivity contribution in [1.82, 2.24) is 19.7 Å². The molecule has 0 saturated heterocycles. The molecule has 2 aromatic rings. The molecule has 2 heterocycles. The number of methoxy groups -OCH3 is 1. The molecule has 1 aliphatic heterocycles. The predicted octanol–water partition coefficient (Wildman–Crippen LogP) is 1.72. The molecule has 3 rings (SSSR count). The molecule has 0 spiro atoms. The second-order valence-electron chi connectivity index (χ2n) is 5.88. The van der Waals surface area contributed by atoms with Gasteiger partial charge in [-0.25, -0.2) is 0 Å². The van der Waals surface area contributed by atoms with Crippen LogP contribution in [0.15, 0.2) is 24.3 Å². The summed E-state index contributed by atoms with van der Waals surface area (Å²) in [6, 6.07) is 7.54. The van der Waals surface area contributed by atoms with Crippen LogP contribution in [0.1, 0.15) is 30.2 Å². The summed E-state index contributed by atoms with van der Waals surface area (Å²) in [5.74, 6) is 2.27. The molecule has 24 heavy (non-hydrogen) atoms. The van der Waals surface area contributed by atoms with Gasteiger partial charge in [-0.2, -0.15) is 0 Å². The van der Waals surface area contributed by atoms with Gasteiger partial charge in [-0.1, -0.05) is 18.2 Å². The van der Waals surface area contributed by atoms with Gasteiger partial charge in [0.1, 0.15) is 12.4 Å². The van der Waals surface area contributed by atoms with Gasteiger partial charge in [0.05, 0.1) is 6.04 Å². The van der Waals surface area contributed by atoms with Crippen LogP contribution in [0, 0.1) is 6.92 Å². The molecule has 0 fully saturated rings. The van der Waals surface area contributed by atoms with Gasteiger partial charge in [0.25, 0.3) is 5.91 Å². The third-order valence-corrected chi connectivity index (χ3v) is 4.30. The Kier molecular flexibility index (Phi) is 4.80. The number of hydrogen-bond donors (Lipinski definition) is 0. The van der Waals surface area contributed by atoms with Crippen molar-refractivity contribution in [2.75, 3.05) is 20.3 Å². The molecule has 1 aliphatic rings. The van der Waals surface area contributed by atoms with E-state index in [-0.39, 0.29) is 18.6 Å². The third kappa shape index (κ3) is 3.12. The minimum atomic E-state index is -0.134. The highest BCUT2D eigenvalue weighted by Gasteiger charge is 2.31. The zero-order chi connectivity index (χ0) is 17.1. The fourth-order valence-electron chi connectivity index (χ4n) is 2.96. The lowest BCUT2D eigenvalue weighted by molar-refractivity contribution is -0.136. The summed E-state index contributed by atoms with van der Waals surface area (Å²) in [6.07, 6.45) is 0. The summed E-state index contributed by atoms with van der Waals surface area (Å²) in [5.41, 5.74) is 1.01. The van der Waals surface area contributed by atoms with E-state index in [1.54, 1.807) is 12.0 Å². The highest BCUT2D eigenvalue weighted by atomic mass is 16.5. The van der Waals surface area contributed by atoms with Gasteiger partial charge in [-0.3, -0.25) is 4.79 Å². The summed E-state index contributed by atoms with van der Waals surface area (Å²) in [5, 5.41) is 8.38. The number of aryl methyl sites for hydroxylation is 1. The Labute approximate surface area is 141 Å². The van der Waals surface area contributed by atoms with Crippen LogP contribution in [0.5, 0.6) is 5.75 Å². The predicted molar refractivity (Wildman–Crippen MR) is 87.5 cm³/mol. The number of hydrogen-bond acceptors (Lipinski definition) is 5. The summed E-state index contributed by atoms with van der Waals surface area (Å²) < 4.78 is 12.8. The monoisotopic (exact) mass is 330 g/mol. The Morgan fingerprint density at radius 2 is 2.08 bits per heavy atom. The van der Waals surface area contributed by atoms with Gasteiger partial charge in [-0.15, -0.1) is 10.2 Å². The first-order chi connectivity index (χ1) is 11.6. The number of ether oxygens (including phenoxy) is 2. The van der Waals surface area contributed by atoms with E-state index in [0.717, 1.165) is 23.0 Å². The van der Waals surface area contributed by atoms with E-state index in [0.29, 0.717) is 19.7 Å². The first-order valence-electron chi connectivity index (χ1n) is 8.00. The van der Waals surface area contributed by atoms with Crippen LogP contribution in [0.25, 0.3) is 0 Å². The fraction of sp³-hybridized carbons (Fsp3) is 0.471. The second kappa shape index (κ2) is 7.00. The number of carbonyl (C=O) groups excluding carboxylic acids is 1. The van der Waals surface area contributed by atoms with Crippen molar-refractivity contribution in [2.45, 2.75) is 33.0 Å². The Morgan fingerprint density at radius 3 is 2.83 bits per heavy atom. The molecule has 7 nitrogen and oxygen atoms in total. The topological polar surface area (TPSA) is 69.5 Å². The van der Waals surface area contributed by atoms with E-state index in [9.17, 15) is 4.79 Å². The minimum absolute atomic E-state index is 0.0221. The van der Waals surface area contributed by atoms with Crippen LogP contribution in [-0.2, 0) is 22.7 Å². The Bertz CT molecular complexity index is 728. The van der Waals surface area contributed by atoms with Gasteiger partial charge in [0.2, 0.25) is 0 Å². The van der Waals surface area contributed by atoms with Crippen molar-refractivity contribution in [3.8, 4) is 5.75 Å². The van der Waals surface area contributed by atoms with Crippen molar-refractivity contribution in [3.05, 3.63) is 41.5 Å². The molecular formula is C17H22N4O3. The Morgan fingerprint density at radius 1 is 1.29 bits per heavy atom. The number of nitrogens with zero attached hydrogens (tertiary/aromatic N) is 4. The SMILES string of the molecule is COCc1nnc2n1CCN(C(=O)COc1ccccc1C)C2C. The molecular weight excluding hydrogens is 308 g/mol. The average molecular weight is 330 g/mol. The smallest absolute Gasteiger partial charge is 0.261 e. The zero-order valence-electron chi connectivity index (χ0n) is 14.2. The maximum Gasteiger partial charge on any atom is 0.261 e. The second-order valence-corrected chi connectivity index (χ2v) is 5.88. The molecule has 0 saturated carbocycles. The van der Waals surface area contributed by atoms with E-state index < -0.39 is 0 Å². The lowest BCUT2D eigenvalue weighted by Gasteiger charge is -2.33. The minimum Gasteiger partial charge on any atom is -0.484 e. The Hall–Kier alpha value is -2.41. The van der Waals surface area contributed by atoms with E-state index in [1.807, 2.05) is 42.7 Å². The van der Waals surface area contributed by atoms with Gasteiger partial charge in [-0.05, 0) is 25.5 Å². The largest absolute Gasteiger partial charge is 0.484 e. The highest BCUT2D eigenvalue weighted by molar-refractivity contribution is 5.78. The van der Waals surface area contributed by atoms with Crippen molar-refractivity contribution in [3.63, 3.8) is 0 Å². The number of benzene rings is 1. The van der Waals surface area contributed by atoms with Gasteiger partial charge < -0.3 is 18.9 Å². The number of rotatable bonds is 5. The molecule has 0 N–H and O–H groups in total. The summed E-state index contributed by atoms with van der Waals surface area (Å²) in [7, 11) is 1.63. The molecule has 0 radical (unpaired) electrons. The fourth-order valence-corrected chi connectivity index (χ4v) is 2.96. The van der Waals surface area contributed by atoms with Crippen LogP contribution < -0.4 is 4.74 Å². The lowest BCUT2D eigenvalue weighted by atomic mass is 10.2. The lowest BCUT2D eigenvalue weighted by Crippen LogP contribution is -2.43. The number of carbonyl (C=O) groups is 1. The number of para-hydroxylation sites is 1. The van der Waals surface area contributed by atoms with E-state index in [2.05, 4.69) is 10.2 Å². The Balaban J connectivity index is 1.67. The van der Waals surface area contributed by atoms with Gasteiger partial charge in [0, 0.05) is 20.2 Å². The molecule has 7 heteroatoms. The number of fused-ring (bicyclic) bond motifs is 1. The first kappa shape index (κ1) is 16.4. The van der Waals surface area contributed by atoms with Gasteiger partial charge >= 0.3 is 0 Å². The summed E-state index contributed by atoms with van der Waals surface area (Å²) in [6.45, 7) is 5.64. The van der Waals surface area contributed by atoms with Crippen LogP contribution in [0.4, 0.5) is 0 Å². The highest BCUT2D eigenvalue weighted by Crippen LogP contribution is 2.25. The normalized spacial score (nSPS) is 16.8. The van der Waals surface area contributed by atoms with Crippen molar-refractivity contribution < 1.29 is 14.3 Å². The van der Waals surface area contributed by atoms with Crippen molar-refractivity contribution in [1.29, 1.82) is 0 Å². The van der Waals surface area contributed by atoms with Crippen LogP contribution in [0.3, 0.4) is 0 Å². The molecule has 0 aliphatic carbocycles. The van der Waals surface area contributed by atoms with E-state index in [4.69, 9.17) is 9.47 Å². The molecule has 1 aromatic carbocycles. The number of amides is 1. The average Bonchev–Trinajstić information content (AvgIpc) is 2.98. The van der Waals surface area contributed by atoms with Crippen molar-refractivity contribution >= 4 is 5.91 Å². The standard InChI is InChI=1S/C17H22N4O3/c1-12-6-4-5-7-14(12)24-11-16(22)20-8-9-21-15(10-23-3)18-19-17(21)13(20)2/h4-7,13H,8-11H2,1-3H3. The molecule has 1 aromatic heterocycles. The van der Waals surface area contributed by atoms with Crippen LogP contribution >= 0.6 is 0 Å². The third-order valence-electron chi connectivity index (χ3n) is 4.30. The number of aromatic nitrogens is 3. The molecule has 1 unspecified atom stereocenters. The molecule has 1 amide bonds. The van der Waals surface area contributed by atoms with Crippen LogP contribution in [0.2, 0.25) is 0 Å². The summed E-state index contributed by atoms with van der Waals surface area (Å²) >= 11 is 0. The van der Waals surface area contributed by atoms with Crippen molar-refractivity contribution in [2.24, 2.45) is 0 Å². The van der Waals surface area contributed by atoms with Crippen LogP contribution in [-0.4, -0.2) is 45.8 Å². The zero-order valence-corrected chi connectivity index (χ0v) is 14.2. The molecule has 0 bridgehead atoms. The van der Waals surface area contributed by atoms with Gasteiger partial charge in [0.15, 0.2) is 18.3 Å². The quantitative estimate of drug-likeness (QED) is 0.835. The van der Waals surface area contributed by atoms with E-state index >= 15 is 0 Å². The maximum atomic E-state index is 12.6.